The van der Waals surface area contributed by atoms with Crippen LogP contribution in [0.3, 0.4) is 0 Å². The maximum atomic E-state index is 12.7. The van der Waals surface area contributed by atoms with Crippen molar-refractivity contribution in [3.05, 3.63) is 250 Å². The van der Waals surface area contributed by atoms with Crippen LogP contribution in [0.5, 0.6) is 17.2 Å². The summed E-state index contributed by atoms with van der Waals surface area (Å²) in [6.07, 6.45) is 10.7. The number of alkyl halides is 5. The van der Waals surface area contributed by atoms with Crippen LogP contribution in [0.4, 0.5) is 46.0 Å². The highest BCUT2D eigenvalue weighted by atomic mass is 35.5. The molecule has 0 radical (unpaired) electrons. The summed E-state index contributed by atoms with van der Waals surface area (Å²) < 4.78 is 206. The van der Waals surface area contributed by atoms with Crippen molar-refractivity contribution in [2.24, 2.45) is 17.8 Å². The molecule has 5 heterocycles. The third-order valence-electron chi connectivity index (χ3n) is 24.4. The zero-order valence-electron chi connectivity index (χ0n) is 79.8. The van der Waals surface area contributed by atoms with E-state index in [1.807, 2.05) is 103 Å². The molecule has 5 aromatic heterocycles. The number of nitriles is 5. The molecule has 3 aliphatic carbocycles. The number of rotatable bonds is 35. The van der Waals surface area contributed by atoms with E-state index in [1.54, 1.807) is 129 Å². The van der Waals surface area contributed by atoms with Gasteiger partial charge in [-0.3, -0.25) is 23.6 Å². The lowest BCUT2D eigenvalue weighted by Gasteiger charge is -2.12. The number of hydrogen-bond donors (Lipinski definition) is 5. The third kappa shape index (κ3) is 26.4. The smallest absolute Gasteiger partial charge is 0.387 e. The van der Waals surface area contributed by atoms with E-state index in [1.165, 1.54) is 37.1 Å². The molecule has 10 aromatic carbocycles. The molecule has 5 N–H and O–H groups in total. The van der Waals surface area contributed by atoms with Crippen molar-refractivity contribution in [2.45, 2.75) is 131 Å². The molecule has 0 amide bonds. The molecule has 3 fully saturated rings. The zero-order valence-corrected chi connectivity index (χ0v) is 86.1. The second-order valence-corrected chi connectivity index (χ2v) is 45.5. The van der Waals surface area contributed by atoms with Crippen LogP contribution in [0.2, 0.25) is 10.0 Å². The SMILES string of the molecule is CCCCS(=O)(=O)Nc1ccc(-c2c(C#N)c3cc(Cl)ccc3n2CC)cc1.CCS(=O)(=O)Nc1ccc(-c2c(C#N)c3ccc(OC(F)F)cc3n2CC2CC2)cc1.CCn1c(-c2ccc(NS(=O)(=O)CCCCl)cc2)c(C#N)c2cc(Cl)ccc21.COc1ccc2c(C#N)c(-c3ccc(NS(C)(=O)=O)cc3)n(CC3CC3)c2c1.CS(=O)(=O)Nc1ccc(-c2c(C#N)c3ccc(OC(F)F)cc3n2CC2CC2)cc1. The number of nitrogens with zero attached hydrogens (tertiary/aromatic N) is 10. The van der Waals surface area contributed by atoms with Gasteiger partial charge < -0.3 is 37.0 Å². The minimum Gasteiger partial charge on any atom is -0.497 e. The number of unbranched alkanes of at least 4 members (excludes halogenated alkanes) is 1. The van der Waals surface area contributed by atoms with Crippen LogP contribution in [-0.4, -0.2) is 121 Å². The number of methoxy groups -OCH3 is 1. The molecule has 754 valence electrons. The lowest BCUT2D eigenvalue weighted by Crippen LogP contribution is -2.16. The van der Waals surface area contributed by atoms with Crippen molar-refractivity contribution >= 4 is 168 Å². The van der Waals surface area contributed by atoms with Crippen LogP contribution in [0, 0.1) is 74.4 Å². The first-order valence-corrected chi connectivity index (χ1v) is 56.4. The van der Waals surface area contributed by atoms with Gasteiger partial charge in [0.15, 0.2) is 0 Å². The van der Waals surface area contributed by atoms with Gasteiger partial charge in [0.05, 0.1) is 110 Å². The molecular formula is C105H102Cl3F4N15O13S5. The molecule has 3 aliphatic rings. The molecule has 0 atom stereocenters. The highest BCUT2D eigenvalue weighted by Gasteiger charge is 2.32. The van der Waals surface area contributed by atoms with E-state index in [0.29, 0.717) is 162 Å². The number of ether oxygens (including phenoxy) is 3. The van der Waals surface area contributed by atoms with Crippen LogP contribution in [0.1, 0.15) is 113 Å². The van der Waals surface area contributed by atoms with Gasteiger partial charge in [-0.2, -0.15) is 43.9 Å². The molecule has 0 aliphatic heterocycles. The molecule has 145 heavy (non-hydrogen) atoms. The summed E-state index contributed by atoms with van der Waals surface area (Å²) in [5.74, 6) is 2.73. The fourth-order valence-electron chi connectivity index (χ4n) is 17.3. The Labute approximate surface area is 854 Å². The maximum Gasteiger partial charge on any atom is 0.387 e. The lowest BCUT2D eigenvalue weighted by atomic mass is 10.1. The van der Waals surface area contributed by atoms with Crippen LogP contribution in [0.25, 0.3) is 111 Å². The van der Waals surface area contributed by atoms with Crippen molar-refractivity contribution in [1.29, 1.82) is 26.3 Å². The summed E-state index contributed by atoms with van der Waals surface area (Å²) in [7, 11) is -15.3. The number of nitrogens with one attached hydrogen (secondary N) is 5. The first-order chi connectivity index (χ1) is 69.2. The second-order valence-electron chi connectivity index (χ2n) is 35.0. The molecule has 0 spiro atoms. The largest absolute Gasteiger partial charge is 0.497 e. The monoisotopic (exact) mass is 2120 g/mol. The Morgan fingerprint density at radius 2 is 0.628 bits per heavy atom. The summed E-state index contributed by atoms with van der Waals surface area (Å²) in [5.41, 5.74) is 17.0. The normalized spacial score (nSPS) is 13.1. The first-order valence-electron chi connectivity index (χ1n) is 46.4. The Kier molecular flexibility index (Phi) is 33.9. The van der Waals surface area contributed by atoms with Crippen LogP contribution < -0.4 is 37.8 Å². The summed E-state index contributed by atoms with van der Waals surface area (Å²) >= 11 is 17.8. The van der Waals surface area contributed by atoms with Gasteiger partial charge in [-0.25, -0.2) is 42.1 Å². The van der Waals surface area contributed by atoms with E-state index in [4.69, 9.17) is 39.5 Å². The number of sulfonamides is 5. The Morgan fingerprint density at radius 3 is 0.890 bits per heavy atom. The number of aromatic nitrogens is 5. The van der Waals surface area contributed by atoms with Crippen LogP contribution in [-0.2, 0) is 82.8 Å². The molecular weight excluding hydrogens is 2020 g/mol. The molecule has 18 rings (SSSR count). The van der Waals surface area contributed by atoms with E-state index in [2.05, 4.69) is 77.1 Å². The average Bonchev–Trinajstić information content (AvgIpc) is 1.67. The van der Waals surface area contributed by atoms with Gasteiger partial charge in [-0.15, -0.1) is 11.6 Å². The third-order valence-corrected chi connectivity index (χ3v) is 30.4. The standard InChI is InChI=1S/C22H21F2N3O3S.C21H22ClN3O2S.C21H19F2N3O3S.C21H21N3O3S.C20H19Cl2N3O2S/c1-2-31(28,29)26-16-7-5-15(6-8-16)21-19(12-25)18-10-9-17(30-22(23)24)11-20(18)27(21)13-14-3-4-14;1-3-5-12-28(26,27)24-17-9-6-15(7-10-17)21-19(14-23)18-13-16(22)8-11-20(18)25(21)4-2;1-30(27,28)25-15-6-4-14(5-7-15)20-18(11-24)17-9-8-16(29-21(22)23)10-19(17)26(20)12-13-2-3-13;1-27-17-9-10-18-19(12-22)21(24(20(18)11-17)13-14-3-4-14)15-5-7-16(8-6-15)23-28(2,25)26;1-2-25-19-9-6-15(22)12-17(19)18(13-23)20(25)14-4-7-16(8-5-14)24-28(26,27)11-3-10-21/h5-11,14,22,26H,2-4,13H2,1H3;6-11,13,24H,3-5,12H2,1-2H3;4-10,13,21,25H,2-3,12H2,1H3;5-11,14,23H,3-4,13H2,1-2H3;4-9,12,24H,2-3,10-11H2,1H3. The van der Waals surface area contributed by atoms with Gasteiger partial charge in [0.2, 0.25) is 50.1 Å². The summed E-state index contributed by atoms with van der Waals surface area (Å²) in [6, 6.07) is 72.3. The van der Waals surface area contributed by atoms with Crippen molar-refractivity contribution in [2.75, 3.05) is 66.4 Å². The molecule has 0 saturated heterocycles. The fourth-order valence-corrected chi connectivity index (χ4v) is 22.1. The number of benzene rings is 10. The first kappa shape index (κ1) is 107. The Morgan fingerprint density at radius 1 is 0.352 bits per heavy atom. The summed E-state index contributed by atoms with van der Waals surface area (Å²) in [5, 5.41) is 54.2. The minimum atomic E-state index is -3.43. The van der Waals surface area contributed by atoms with E-state index in [-0.39, 0.29) is 28.8 Å². The molecule has 15 aromatic rings. The van der Waals surface area contributed by atoms with Gasteiger partial charge in [-0.05, 0) is 251 Å². The van der Waals surface area contributed by atoms with Gasteiger partial charge in [0.25, 0.3) is 0 Å². The minimum absolute atomic E-state index is 0.0261. The highest BCUT2D eigenvalue weighted by molar-refractivity contribution is 7.93. The lowest BCUT2D eigenvalue weighted by molar-refractivity contribution is -0.0504. The van der Waals surface area contributed by atoms with Gasteiger partial charge in [0, 0.05) is 133 Å². The quantitative estimate of drug-likeness (QED) is 0.0182. The van der Waals surface area contributed by atoms with Gasteiger partial charge in [-0.1, -0.05) is 97.2 Å². The molecule has 3 saturated carbocycles. The Balaban J connectivity index is 0.000000144. The Bertz CT molecular complexity index is 8020. The number of halogens is 7. The van der Waals surface area contributed by atoms with Gasteiger partial charge in [0.1, 0.15) is 47.6 Å². The summed E-state index contributed by atoms with van der Waals surface area (Å²) in [6.45, 7) is 5.23. The van der Waals surface area contributed by atoms with Crippen LogP contribution in [0.15, 0.2) is 212 Å². The van der Waals surface area contributed by atoms with Crippen LogP contribution >= 0.6 is 34.8 Å². The summed E-state index contributed by atoms with van der Waals surface area (Å²) in [4.78, 5) is 0. The average molecular weight is 2120 g/mol. The van der Waals surface area contributed by atoms with Crippen molar-refractivity contribution in [1.82, 2.24) is 22.8 Å². The van der Waals surface area contributed by atoms with E-state index in [9.17, 15) is 86.0 Å². The number of anilines is 5. The zero-order chi connectivity index (χ0) is 104. The second kappa shape index (κ2) is 46.0. The van der Waals surface area contributed by atoms with Gasteiger partial charge >= 0.3 is 13.2 Å². The van der Waals surface area contributed by atoms with Crippen molar-refractivity contribution in [3.8, 4) is 104 Å². The topological polar surface area (TPSA) is 402 Å². The highest BCUT2D eigenvalue weighted by Crippen LogP contribution is 2.46. The predicted octanol–water partition coefficient (Wildman–Crippen LogP) is 24.1. The predicted molar refractivity (Wildman–Crippen MR) is 565 cm³/mol. The van der Waals surface area contributed by atoms with E-state index < -0.39 is 63.3 Å². The van der Waals surface area contributed by atoms with Crippen molar-refractivity contribution in [3.63, 3.8) is 0 Å². The number of hydrogen-bond acceptors (Lipinski definition) is 18. The number of fused-ring (bicyclic) bond motifs is 5. The van der Waals surface area contributed by atoms with E-state index in [0.717, 1.165) is 135 Å². The maximum absolute atomic E-state index is 12.7. The molecule has 0 bridgehead atoms. The molecule has 28 nitrogen and oxygen atoms in total. The van der Waals surface area contributed by atoms with E-state index >= 15 is 0 Å². The fraction of sp³-hybridized carbons (Fsp3) is 0.286. The molecule has 0 unspecified atom stereocenters. The number of aryl methyl sites for hydroxylation is 2. The van der Waals surface area contributed by atoms with Crippen molar-refractivity contribution < 1.29 is 73.9 Å². The molecule has 40 heteroatoms. The Hall–Kier alpha value is -13.9.